The molecule has 0 atom stereocenters. The van der Waals surface area contributed by atoms with E-state index >= 15 is 0 Å². The van der Waals surface area contributed by atoms with Crippen molar-refractivity contribution in [3.8, 4) is 5.75 Å². The van der Waals surface area contributed by atoms with E-state index in [-0.39, 0.29) is 32.8 Å². The van der Waals surface area contributed by atoms with E-state index in [0.29, 0.717) is 33.0 Å². The molecule has 1 amide bonds. The van der Waals surface area contributed by atoms with Gasteiger partial charge in [-0.05, 0) is 45.9 Å². The fourth-order valence-corrected chi connectivity index (χ4v) is 10.9. The third-order valence-electron chi connectivity index (χ3n) is 7.89. The summed E-state index contributed by atoms with van der Waals surface area (Å²) in [5.41, 5.74) is 1.29. The fraction of sp³-hybridized carbons (Fsp3) is 0.324. The number of rotatable bonds is 7. The summed E-state index contributed by atoms with van der Waals surface area (Å²) in [5, 5.41) is 0. The largest absolute Gasteiger partial charge is 0.492 e. The molecule has 48 heavy (non-hydrogen) atoms. The summed E-state index contributed by atoms with van der Waals surface area (Å²) >= 11 is 2.70. The van der Waals surface area contributed by atoms with E-state index in [4.69, 9.17) is 23.7 Å². The first kappa shape index (κ1) is 35.2. The average molecular weight is 712 g/mol. The Kier molecular flexibility index (Phi) is 9.82. The monoisotopic (exact) mass is 711 g/mol. The van der Waals surface area contributed by atoms with Crippen molar-refractivity contribution in [3.63, 3.8) is 0 Å². The molecule has 2 aromatic carbocycles. The summed E-state index contributed by atoms with van der Waals surface area (Å²) in [6.07, 6.45) is 0. The van der Waals surface area contributed by atoms with E-state index in [9.17, 15) is 24.0 Å². The van der Waals surface area contributed by atoms with Crippen LogP contribution in [0.15, 0.2) is 67.7 Å². The second-order valence-electron chi connectivity index (χ2n) is 11.1. The summed E-state index contributed by atoms with van der Waals surface area (Å²) in [5.74, 6) is -3.37. The van der Waals surface area contributed by atoms with Crippen LogP contribution in [0.3, 0.4) is 0 Å². The normalized spacial score (nSPS) is 17.5. The van der Waals surface area contributed by atoms with Crippen molar-refractivity contribution in [1.29, 1.82) is 0 Å². The van der Waals surface area contributed by atoms with E-state index < -0.39 is 33.5 Å². The Bertz CT molecular complexity index is 1830. The van der Waals surface area contributed by atoms with Crippen molar-refractivity contribution in [3.05, 3.63) is 84.3 Å². The zero-order chi connectivity index (χ0) is 35.1. The second kappa shape index (κ2) is 13.4. The lowest BCUT2D eigenvalue weighted by Crippen LogP contribution is -2.54. The molecular weight excluding hydrogens is 679 g/mol. The maximum atomic E-state index is 14.6. The number of para-hydroxylation sites is 1. The van der Waals surface area contributed by atoms with Gasteiger partial charge in [-0.3, -0.25) is 9.69 Å². The van der Waals surface area contributed by atoms with Crippen LogP contribution >= 0.6 is 35.3 Å². The molecule has 5 rings (SSSR count). The Morgan fingerprint density at radius 2 is 1.33 bits per heavy atom. The molecule has 3 aliphatic heterocycles. The molecular formula is C34H33NO10S3. The number of hydrogen-bond donors (Lipinski definition) is 0. The highest BCUT2D eigenvalue weighted by molar-refractivity contribution is 8.26. The van der Waals surface area contributed by atoms with Gasteiger partial charge in [-0.15, -0.1) is 0 Å². The highest BCUT2D eigenvalue weighted by Gasteiger charge is 2.62. The van der Waals surface area contributed by atoms with Crippen molar-refractivity contribution in [2.45, 2.75) is 37.3 Å². The molecule has 3 heterocycles. The van der Waals surface area contributed by atoms with Crippen LogP contribution in [0.5, 0.6) is 5.75 Å². The van der Waals surface area contributed by atoms with E-state index in [1.165, 1.54) is 28.4 Å². The van der Waals surface area contributed by atoms with Gasteiger partial charge >= 0.3 is 23.9 Å². The zero-order valence-electron chi connectivity index (χ0n) is 27.5. The molecule has 0 saturated carbocycles. The Morgan fingerprint density at radius 1 is 0.771 bits per heavy atom. The summed E-state index contributed by atoms with van der Waals surface area (Å²) in [6, 6.07) is 12.5. The molecule has 2 aromatic rings. The van der Waals surface area contributed by atoms with Crippen LogP contribution in [0, 0.1) is 6.92 Å². The third-order valence-corrected chi connectivity index (χ3v) is 12.5. The number of ether oxygens (including phenoxy) is 5. The van der Waals surface area contributed by atoms with Gasteiger partial charge in [0.15, 0.2) is 0 Å². The smallest absolute Gasteiger partial charge is 0.345 e. The molecule has 0 aliphatic carbocycles. The predicted octanol–water partition coefficient (Wildman–Crippen LogP) is 5.62. The number of esters is 4. The second-order valence-corrected chi connectivity index (χ2v) is 14.8. The highest BCUT2D eigenvalue weighted by atomic mass is 32.2. The maximum Gasteiger partial charge on any atom is 0.345 e. The first-order valence-electron chi connectivity index (χ1n) is 14.6. The van der Waals surface area contributed by atoms with Crippen molar-refractivity contribution < 1.29 is 47.7 Å². The molecule has 0 fully saturated rings. The van der Waals surface area contributed by atoms with E-state index in [1.807, 2.05) is 33.8 Å². The summed E-state index contributed by atoms with van der Waals surface area (Å²) in [4.78, 5) is 70.3. The molecule has 11 nitrogen and oxygen atoms in total. The zero-order valence-corrected chi connectivity index (χ0v) is 30.0. The number of anilines is 1. The first-order valence-corrected chi connectivity index (χ1v) is 17.1. The van der Waals surface area contributed by atoms with Crippen molar-refractivity contribution in [2.75, 3.05) is 39.9 Å². The van der Waals surface area contributed by atoms with Crippen molar-refractivity contribution in [1.82, 2.24) is 0 Å². The van der Waals surface area contributed by atoms with Crippen LogP contribution in [0.25, 0.3) is 5.57 Å². The van der Waals surface area contributed by atoms with Gasteiger partial charge in [-0.25, -0.2) is 19.2 Å². The summed E-state index contributed by atoms with van der Waals surface area (Å²) in [7, 11) is 4.68. The minimum absolute atomic E-state index is 0.126. The Balaban J connectivity index is 1.92. The summed E-state index contributed by atoms with van der Waals surface area (Å²) < 4.78 is 25.0. The topological polar surface area (TPSA) is 135 Å². The van der Waals surface area contributed by atoms with Crippen LogP contribution in [-0.4, -0.2) is 74.4 Å². The Hall–Kier alpha value is -4.14. The lowest BCUT2D eigenvalue weighted by atomic mass is 9.82. The minimum Gasteiger partial charge on any atom is -0.492 e. The summed E-state index contributed by atoms with van der Waals surface area (Å²) in [6.45, 7) is 7.63. The van der Waals surface area contributed by atoms with E-state index in [2.05, 4.69) is 0 Å². The fourth-order valence-electron chi connectivity index (χ4n) is 5.85. The number of amides is 1. The number of fused-ring (bicyclic) bond motifs is 3. The van der Waals surface area contributed by atoms with Gasteiger partial charge < -0.3 is 23.7 Å². The number of carbonyl (C=O) groups excluding carboxylic acids is 5. The van der Waals surface area contributed by atoms with Gasteiger partial charge in [-0.1, -0.05) is 65.1 Å². The molecule has 0 bridgehead atoms. The predicted molar refractivity (Wildman–Crippen MR) is 184 cm³/mol. The molecule has 14 heteroatoms. The standard InChI is InChI=1S/C34H33NO10S3/c1-9-45-20-15-11-14-19-21-27(33(3,4)35(23(19)20)28(36)18-13-10-12-17(2)16-18)46-24(30(38)42-6)22(29(37)41-5)34(21)47-25(31(39)43-7)26(48-34)32(40)44-8/h10-16H,9H2,1-8H3. The third kappa shape index (κ3) is 5.49. The number of aryl methyl sites for hydroxylation is 1. The highest BCUT2D eigenvalue weighted by Crippen LogP contribution is 2.71. The van der Waals surface area contributed by atoms with Crippen LogP contribution in [0.1, 0.15) is 42.3 Å². The van der Waals surface area contributed by atoms with E-state index in [0.717, 1.165) is 40.8 Å². The first-order chi connectivity index (χ1) is 22.8. The average Bonchev–Trinajstić information content (AvgIpc) is 3.47. The van der Waals surface area contributed by atoms with Crippen molar-refractivity contribution in [2.24, 2.45) is 0 Å². The van der Waals surface area contributed by atoms with Gasteiger partial charge in [0, 0.05) is 21.6 Å². The van der Waals surface area contributed by atoms with Crippen LogP contribution < -0.4 is 9.64 Å². The number of carbonyl (C=O) groups is 5. The molecule has 3 aliphatic rings. The number of hydrogen-bond acceptors (Lipinski definition) is 13. The van der Waals surface area contributed by atoms with Gasteiger partial charge in [0.25, 0.3) is 5.91 Å². The minimum atomic E-state index is -1.69. The Labute approximate surface area is 290 Å². The maximum absolute atomic E-state index is 14.6. The van der Waals surface area contributed by atoms with Gasteiger partial charge in [-0.2, -0.15) is 0 Å². The van der Waals surface area contributed by atoms with Crippen LogP contribution in [-0.2, 0) is 38.1 Å². The molecule has 252 valence electrons. The molecule has 0 radical (unpaired) electrons. The van der Waals surface area contributed by atoms with Crippen LogP contribution in [0.4, 0.5) is 5.69 Å². The van der Waals surface area contributed by atoms with Crippen LogP contribution in [0.2, 0.25) is 0 Å². The van der Waals surface area contributed by atoms with Crippen molar-refractivity contribution >= 4 is 76.3 Å². The molecule has 0 aromatic heterocycles. The lowest BCUT2D eigenvalue weighted by molar-refractivity contribution is -0.138. The molecule has 1 spiro atoms. The quantitative estimate of drug-likeness (QED) is 0.260. The molecule has 0 saturated heterocycles. The van der Waals surface area contributed by atoms with Gasteiger partial charge in [0.2, 0.25) is 0 Å². The SMILES string of the molecule is CCOc1cccc2c1N(C(=O)c1cccc(C)c1)C(C)(C)C1=C2C2(SC(C(=O)OC)=C(C(=O)OC)S2)C(C(=O)OC)=C(C(=O)OC)S1. The number of methoxy groups -OCH3 is 4. The number of benzene rings is 2. The van der Waals surface area contributed by atoms with Gasteiger partial charge in [0.1, 0.15) is 24.5 Å². The lowest BCUT2D eigenvalue weighted by Gasteiger charge is -2.51. The Morgan fingerprint density at radius 3 is 1.88 bits per heavy atom. The number of nitrogens with zero attached hydrogens (tertiary/aromatic N) is 1. The molecule has 0 N–H and O–H groups in total. The van der Waals surface area contributed by atoms with E-state index in [1.54, 1.807) is 41.3 Å². The number of thioether (sulfide) groups is 3. The van der Waals surface area contributed by atoms with Gasteiger partial charge in [0.05, 0.1) is 51.8 Å². The molecule has 0 unspecified atom stereocenters.